The lowest BCUT2D eigenvalue weighted by Gasteiger charge is -2.37. The van der Waals surface area contributed by atoms with E-state index in [1.165, 1.54) is 38.4 Å². The molecule has 1 unspecified atom stereocenters. The van der Waals surface area contributed by atoms with Crippen LogP contribution in [0.1, 0.15) is 58.8 Å². The smallest absolute Gasteiger partial charge is 0.147 e. The number of hydrogen-bond acceptors (Lipinski definition) is 3. The van der Waals surface area contributed by atoms with Gasteiger partial charge in [-0.15, -0.1) is 0 Å². The van der Waals surface area contributed by atoms with E-state index in [0.29, 0.717) is 17.2 Å². The van der Waals surface area contributed by atoms with Crippen molar-refractivity contribution in [3.63, 3.8) is 0 Å². The lowest BCUT2D eigenvalue weighted by Crippen LogP contribution is -2.43. The Morgan fingerprint density at radius 1 is 1.22 bits per heavy atom. The molecule has 0 saturated heterocycles. The Kier molecular flexibility index (Phi) is 6.12. The van der Waals surface area contributed by atoms with E-state index in [2.05, 4.69) is 19.2 Å². The molecule has 3 nitrogen and oxygen atoms in total. The van der Waals surface area contributed by atoms with Gasteiger partial charge < -0.3 is 5.32 Å². The minimum Gasteiger partial charge on any atom is -0.314 e. The van der Waals surface area contributed by atoms with Gasteiger partial charge in [0.05, 0.1) is 0 Å². The van der Waals surface area contributed by atoms with Gasteiger partial charge in [-0.05, 0) is 44.1 Å². The van der Waals surface area contributed by atoms with Gasteiger partial charge in [0.2, 0.25) is 0 Å². The molecule has 0 aromatic rings. The van der Waals surface area contributed by atoms with E-state index in [0.717, 1.165) is 19.4 Å². The van der Waals surface area contributed by atoms with Gasteiger partial charge in [-0.3, -0.25) is 0 Å². The van der Waals surface area contributed by atoms with Crippen molar-refractivity contribution in [2.45, 2.75) is 64.8 Å². The van der Waals surface area contributed by atoms with Crippen molar-refractivity contribution in [2.75, 3.05) is 18.6 Å². The molecule has 1 atom stereocenters. The Balaban J connectivity index is 2.58. The number of sulfone groups is 1. The third-order valence-corrected chi connectivity index (χ3v) is 5.53. The summed E-state index contributed by atoms with van der Waals surface area (Å²) in [5, 5.41) is 3.61. The van der Waals surface area contributed by atoms with Crippen LogP contribution in [-0.4, -0.2) is 33.0 Å². The molecule has 1 aliphatic rings. The summed E-state index contributed by atoms with van der Waals surface area (Å²) in [6, 6.07) is 0.497. The Hall–Kier alpha value is -0.0900. The van der Waals surface area contributed by atoms with Gasteiger partial charge >= 0.3 is 0 Å². The van der Waals surface area contributed by atoms with Crippen LogP contribution in [0.3, 0.4) is 0 Å². The van der Waals surface area contributed by atoms with E-state index < -0.39 is 9.84 Å². The molecule has 0 aromatic heterocycles. The molecule has 1 aliphatic carbocycles. The molecule has 0 aromatic carbocycles. The van der Waals surface area contributed by atoms with E-state index in [4.69, 9.17) is 0 Å². The molecular formula is C14H29NO2S. The van der Waals surface area contributed by atoms with Crippen LogP contribution in [0.4, 0.5) is 0 Å². The average molecular weight is 275 g/mol. The Labute approximate surface area is 113 Å². The summed E-state index contributed by atoms with van der Waals surface area (Å²) in [6.07, 6.45) is 9.61. The fraction of sp³-hybridized carbons (Fsp3) is 1.00. The third kappa shape index (κ3) is 4.54. The molecule has 0 spiro atoms. The van der Waals surface area contributed by atoms with Crippen molar-refractivity contribution in [3.8, 4) is 0 Å². The highest BCUT2D eigenvalue weighted by Gasteiger charge is 2.38. The monoisotopic (exact) mass is 275 g/mol. The van der Waals surface area contributed by atoms with Crippen LogP contribution in [0.15, 0.2) is 0 Å². The van der Waals surface area contributed by atoms with Crippen molar-refractivity contribution in [2.24, 2.45) is 5.41 Å². The van der Waals surface area contributed by atoms with Gasteiger partial charge in [0, 0.05) is 18.1 Å². The second-order valence-electron chi connectivity index (χ2n) is 5.81. The molecule has 0 bridgehead atoms. The van der Waals surface area contributed by atoms with Crippen LogP contribution < -0.4 is 5.32 Å². The van der Waals surface area contributed by atoms with E-state index in [1.807, 2.05) is 0 Å². The van der Waals surface area contributed by atoms with Gasteiger partial charge in [-0.2, -0.15) is 0 Å². The van der Waals surface area contributed by atoms with Crippen molar-refractivity contribution < 1.29 is 8.42 Å². The van der Waals surface area contributed by atoms with Crippen LogP contribution in [0, 0.1) is 5.41 Å². The lowest BCUT2D eigenvalue weighted by molar-refractivity contribution is 0.178. The summed E-state index contributed by atoms with van der Waals surface area (Å²) >= 11 is 0. The lowest BCUT2D eigenvalue weighted by atomic mass is 9.74. The minimum atomic E-state index is -2.81. The standard InChI is InChI=1S/C14H29NO2S/c1-4-14(10-6-7-11-14)13(15-5-2)9-8-12-18(3,16)17/h13,15H,4-12H2,1-3H3. The molecule has 0 amide bonds. The van der Waals surface area contributed by atoms with Gasteiger partial charge in [-0.1, -0.05) is 26.7 Å². The first-order valence-corrected chi connectivity index (χ1v) is 9.40. The van der Waals surface area contributed by atoms with E-state index in [-0.39, 0.29) is 0 Å². The molecule has 1 fully saturated rings. The van der Waals surface area contributed by atoms with E-state index >= 15 is 0 Å². The van der Waals surface area contributed by atoms with Gasteiger partial charge in [0.25, 0.3) is 0 Å². The summed E-state index contributed by atoms with van der Waals surface area (Å²) in [6.45, 7) is 5.40. The summed E-state index contributed by atoms with van der Waals surface area (Å²) in [5.41, 5.74) is 0.424. The van der Waals surface area contributed by atoms with Crippen LogP contribution in [-0.2, 0) is 9.84 Å². The SMILES string of the molecule is CCNC(CCCS(C)(=O)=O)C1(CC)CCCC1. The molecule has 108 valence electrons. The fourth-order valence-corrected chi connectivity index (χ4v) is 4.14. The zero-order valence-electron chi connectivity index (χ0n) is 12.2. The number of rotatable bonds is 8. The maximum atomic E-state index is 11.2. The number of hydrogen-bond donors (Lipinski definition) is 1. The summed E-state index contributed by atoms with van der Waals surface area (Å²) in [4.78, 5) is 0. The average Bonchev–Trinajstić information content (AvgIpc) is 2.76. The van der Waals surface area contributed by atoms with Gasteiger partial charge in [0.15, 0.2) is 0 Å². The molecule has 1 saturated carbocycles. The normalized spacial score (nSPS) is 21.1. The molecule has 0 aliphatic heterocycles. The molecule has 0 heterocycles. The highest BCUT2D eigenvalue weighted by molar-refractivity contribution is 7.90. The highest BCUT2D eigenvalue weighted by atomic mass is 32.2. The van der Waals surface area contributed by atoms with Crippen LogP contribution in [0.2, 0.25) is 0 Å². The largest absolute Gasteiger partial charge is 0.314 e. The first-order chi connectivity index (χ1) is 8.43. The number of nitrogens with one attached hydrogen (secondary N) is 1. The second kappa shape index (κ2) is 6.90. The van der Waals surface area contributed by atoms with E-state index in [9.17, 15) is 8.42 Å². The molecular weight excluding hydrogens is 246 g/mol. The second-order valence-corrected chi connectivity index (χ2v) is 8.07. The van der Waals surface area contributed by atoms with Crippen molar-refractivity contribution >= 4 is 9.84 Å². The Morgan fingerprint density at radius 2 is 1.83 bits per heavy atom. The first kappa shape index (κ1) is 16.0. The molecule has 18 heavy (non-hydrogen) atoms. The van der Waals surface area contributed by atoms with Crippen molar-refractivity contribution in [1.82, 2.24) is 5.32 Å². The predicted octanol–water partition coefficient (Wildman–Crippen LogP) is 2.76. The predicted molar refractivity (Wildman–Crippen MR) is 77.6 cm³/mol. The summed E-state index contributed by atoms with van der Waals surface area (Å²) in [5.74, 6) is 0.328. The van der Waals surface area contributed by atoms with Gasteiger partial charge in [-0.25, -0.2) is 8.42 Å². The summed E-state index contributed by atoms with van der Waals surface area (Å²) in [7, 11) is -2.81. The topological polar surface area (TPSA) is 46.2 Å². The first-order valence-electron chi connectivity index (χ1n) is 7.34. The maximum Gasteiger partial charge on any atom is 0.147 e. The Bertz CT molecular complexity index is 332. The highest BCUT2D eigenvalue weighted by Crippen LogP contribution is 2.45. The quantitative estimate of drug-likeness (QED) is 0.741. The van der Waals surface area contributed by atoms with Crippen LogP contribution >= 0.6 is 0 Å². The minimum absolute atomic E-state index is 0.328. The maximum absolute atomic E-state index is 11.2. The van der Waals surface area contributed by atoms with E-state index in [1.54, 1.807) is 0 Å². The fourth-order valence-electron chi connectivity index (χ4n) is 3.45. The van der Waals surface area contributed by atoms with Crippen molar-refractivity contribution in [3.05, 3.63) is 0 Å². The van der Waals surface area contributed by atoms with Gasteiger partial charge in [0.1, 0.15) is 9.84 Å². The molecule has 0 radical (unpaired) electrons. The Morgan fingerprint density at radius 3 is 2.28 bits per heavy atom. The zero-order valence-corrected chi connectivity index (χ0v) is 13.0. The van der Waals surface area contributed by atoms with Crippen LogP contribution in [0.25, 0.3) is 0 Å². The third-order valence-electron chi connectivity index (χ3n) is 4.50. The molecule has 1 rings (SSSR count). The van der Waals surface area contributed by atoms with Crippen molar-refractivity contribution in [1.29, 1.82) is 0 Å². The summed E-state index contributed by atoms with van der Waals surface area (Å²) < 4.78 is 22.4. The molecule has 4 heteroatoms. The molecule has 1 N–H and O–H groups in total. The van der Waals surface area contributed by atoms with Crippen LogP contribution in [0.5, 0.6) is 0 Å². The zero-order chi connectivity index (χ0) is 13.6.